The van der Waals surface area contributed by atoms with E-state index in [1.54, 1.807) is 9.80 Å². The molecule has 0 bridgehead atoms. The van der Waals surface area contributed by atoms with Crippen molar-refractivity contribution in [2.45, 2.75) is 26.7 Å². The van der Waals surface area contributed by atoms with E-state index in [1.165, 1.54) is 13.3 Å². The molecule has 192 valence electrons. The van der Waals surface area contributed by atoms with Gasteiger partial charge in [-0.25, -0.2) is 13.6 Å². The van der Waals surface area contributed by atoms with E-state index < -0.39 is 22.8 Å². The van der Waals surface area contributed by atoms with Crippen LogP contribution < -0.4 is 15.0 Å². The van der Waals surface area contributed by atoms with E-state index in [2.05, 4.69) is 16.4 Å². The third-order valence-corrected chi connectivity index (χ3v) is 7.05. The molecule has 0 atom stereocenters. The molecule has 1 aromatic heterocycles. The first-order valence-corrected chi connectivity index (χ1v) is 12.1. The number of carbonyl (C=O) groups excluding carboxylic acids is 2. The van der Waals surface area contributed by atoms with E-state index in [0.717, 1.165) is 6.07 Å². The molecule has 3 amide bonds. The molecule has 2 saturated heterocycles. The maximum absolute atomic E-state index is 15.1. The van der Waals surface area contributed by atoms with Gasteiger partial charge in [-0.2, -0.15) is 5.26 Å². The molecular weight excluding hydrogens is 470 g/mol. The van der Waals surface area contributed by atoms with Gasteiger partial charge in [0, 0.05) is 57.4 Å². The summed E-state index contributed by atoms with van der Waals surface area (Å²) in [6.45, 7) is 6.54. The second-order valence-corrected chi connectivity index (χ2v) is 9.40. The first kappa shape index (κ1) is 25.4. The summed E-state index contributed by atoms with van der Waals surface area (Å²) in [5, 5.41) is 12.5. The molecule has 0 radical (unpaired) electrons. The molecule has 11 heteroatoms. The zero-order valence-corrected chi connectivity index (χ0v) is 20.7. The standard InChI is InChI=1S/C25H30F2N6O3/c1-4-29-24(35)33-11-9-32(10-12-33)23(34)17-14-30-20-16(13-18(26)22(36-3)19(20)27)21(17)31-7-5-25(2,15-28)6-8-31/h13-14H,4-12H2,1-3H3,(H,29,35). The molecule has 0 unspecified atom stereocenters. The third kappa shape index (κ3) is 4.59. The van der Waals surface area contributed by atoms with Gasteiger partial charge in [0.05, 0.1) is 29.8 Å². The third-order valence-electron chi connectivity index (χ3n) is 7.05. The minimum atomic E-state index is -0.929. The molecule has 2 aliphatic rings. The number of urea groups is 1. The number of carbonyl (C=O) groups is 2. The number of nitrogens with zero attached hydrogens (tertiary/aromatic N) is 5. The number of fused-ring (bicyclic) bond motifs is 1. The quantitative estimate of drug-likeness (QED) is 0.692. The lowest BCUT2D eigenvalue weighted by Gasteiger charge is -2.39. The summed E-state index contributed by atoms with van der Waals surface area (Å²) in [6.07, 6.45) is 2.43. The summed E-state index contributed by atoms with van der Waals surface area (Å²) in [4.78, 5) is 35.2. The number of ether oxygens (including phenoxy) is 1. The molecule has 0 saturated carbocycles. The van der Waals surface area contributed by atoms with E-state index in [9.17, 15) is 19.2 Å². The minimum Gasteiger partial charge on any atom is -0.491 e. The molecule has 0 spiro atoms. The average molecular weight is 501 g/mol. The second kappa shape index (κ2) is 10.1. The molecule has 1 aromatic carbocycles. The minimum absolute atomic E-state index is 0.0884. The maximum Gasteiger partial charge on any atom is 0.317 e. The van der Waals surface area contributed by atoms with Crippen LogP contribution in [0.25, 0.3) is 10.9 Å². The summed E-state index contributed by atoms with van der Waals surface area (Å²) < 4.78 is 34.8. The van der Waals surface area contributed by atoms with Crippen molar-refractivity contribution in [3.05, 3.63) is 29.5 Å². The summed E-state index contributed by atoms with van der Waals surface area (Å²) in [5.74, 6) is -2.66. The number of benzene rings is 1. The van der Waals surface area contributed by atoms with Gasteiger partial charge >= 0.3 is 6.03 Å². The Morgan fingerprint density at radius 3 is 2.39 bits per heavy atom. The van der Waals surface area contributed by atoms with Gasteiger partial charge in [-0.1, -0.05) is 0 Å². The van der Waals surface area contributed by atoms with Crippen molar-refractivity contribution < 1.29 is 23.1 Å². The number of aromatic nitrogens is 1. The molecule has 2 aromatic rings. The van der Waals surface area contributed by atoms with Crippen LogP contribution in [0.1, 0.15) is 37.0 Å². The van der Waals surface area contributed by atoms with Crippen LogP contribution in [0, 0.1) is 28.4 Å². The number of nitrogens with one attached hydrogen (secondary N) is 1. The first-order chi connectivity index (χ1) is 17.2. The summed E-state index contributed by atoms with van der Waals surface area (Å²) in [6, 6.07) is 3.33. The molecule has 1 N–H and O–H groups in total. The molecule has 0 aliphatic carbocycles. The van der Waals surface area contributed by atoms with Crippen molar-refractivity contribution in [1.29, 1.82) is 5.26 Å². The van der Waals surface area contributed by atoms with Crippen LogP contribution in [0.5, 0.6) is 5.75 Å². The van der Waals surface area contributed by atoms with Gasteiger partial charge < -0.3 is 24.8 Å². The monoisotopic (exact) mass is 500 g/mol. The summed E-state index contributed by atoms with van der Waals surface area (Å²) >= 11 is 0. The van der Waals surface area contributed by atoms with Crippen molar-refractivity contribution in [2.24, 2.45) is 5.41 Å². The molecule has 36 heavy (non-hydrogen) atoms. The molecule has 3 heterocycles. The Morgan fingerprint density at radius 1 is 1.17 bits per heavy atom. The predicted molar refractivity (Wildman–Crippen MR) is 130 cm³/mol. The summed E-state index contributed by atoms with van der Waals surface area (Å²) in [5.41, 5.74) is 0.0445. The highest BCUT2D eigenvalue weighted by atomic mass is 19.1. The van der Waals surface area contributed by atoms with Crippen molar-refractivity contribution in [3.63, 3.8) is 0 Å². The molecule has 4 rings (SSSR count). The number of rotatable bonds is 4. The van der Waals surface area contributed by atoms with Crippen LogP contribution in [0.3, 0.4) is 0 Å². The van der Waals surface area contributed by atoms with E-state index in [0.29, 0.717) is 64.3 Å². The smallest absolute Gasteiger partial charge is 0.317 e. The Morgan fingerprint density at radius 2 is 1.81 bits per heavy atom. The van der Waals surface area contributed by atoms with E-state index in [1.807, 2.05) is 18.7 Å². The molecule has 9 nitrogen and oxygen atoms in total. The van der Waals surface area contributed by atoms with Crippen LogP contribution in [0.4, 0.5) is 19.3 Å². The van der Waals surface area contributed by atoms with Gasteiger partial charge in [0.1, 0.15) is 5.52 Å². The second-order valence-electron chi connectivity index (χ2n) is 9.40. The topological polar surface area (TPSA) is 102 Å². The Kier molecular flexibility index (Phi) is 7.15. The Balaban J connectivity index is 1.72. The first-order valence-electron chi connectivity index (χ1n) is 12.1. The van der Waals surface area contributed by atoms with E-state index in [4.69, 9.17) is 4.74 Å². The number of hydrogen-bond acceptors (Lipinski definition) is 6. The van der Waals surface area contributed by atoms with Crippen LogP contribution in [-0.4, -0.2) is 79.6 Å². The van der Waals surface area contributed by atoms with Crippen LogP contribution in [-0.2, 0) is 0 Å². The molecule has 2 fully saturated rings. The van der Waals surface area contributed by atoms with Crippen molar-refractivity contribution >= 4 is 28.5 Å². The maximum atomic E-state index is 15.1. The van der Waals surface area contributed by atoms with Crippen LogP contribution in [0.15, 0.2) is 12.3 Å². The lowest BCUT2D eigenvalue weighted by molar-refractivity contribution is 0.0665. The average Bonchev–Trinajstić information content (AvgIpc) is 2.89. The van der Waals surface area contributed by atoms with Gasteiger partial charge in [0.2, 0.25) is 0 Å². The zero-order chi connectivity index (χ0) is 26.0. The van der Waals surface area contributed by atoms with Crippen LogP contribution >= 0.6 is 0 Å². The highest BCUT2D eigenvalue weighted by Crippen LogP contribution is 2.40. The van der Waals surface area contributed by atoms with Crippen LogP contribution in [0.2, 0.25) is 0 Å². The zero-order valence-electron chi connectivity index (χ0n) is 20.7. The fourth-order valence-corrected chi connectivity index (χ4v) is 4.80. The van der Waals surface area contributed by atoms with Gasteiger partial charge in [-0.05, 0) is 32.8 Å². The lowest BCUT2D eigenvalue weighted by atomic mass is 9.81. The predicted octanol–water partition coefficient (Wildman–Crippen LogP) is 3.14. The fourth-order valence-electron chi connectivity index (χ4n) is 4.80. The largest absolute Gasteiger partial charge is 0.491 e. The fraction of sp³-hybridized carbons (Fsp3) is 0.520. The van der Waals surface area contributed by atoms with Gasteiger partial charge in [-0.3, -0.25) is 9.78 Å². The normalized spacial score (nSPS) is 17.6. The SMILES string of the molecule is CCNC(=O)N1CCN(C(=O)c2cnc3c(F)c(OC)c(F)cc3c2N2CCC(C)(C#N)CC2)CC1. The van der Waals surface area contributed by atoms with Gasteiger partial charge in [0.15, 0.2) is 17.4 Å². The Hall–Kier alpha value is -3.68. The number of amides is 3. The Labute approximate surface area is 208 Å². The number of nitriles is 1. The summed E-state index contributed by atoms with van der Waals surface area (Å²) in [7, 11) is 1.18. The number of anilines is 1. The number of piperidine rings is 1. The lowest BCUT2D eigenvalue weighted by Crippen LogP contribution is -2.53. The number of pyridine rings is 1. The van der Waals surface area contributed by atoms with Gasteiger partial charge in [0.25, 0.3) is 5.91 Å². The molecular formula is C25H30F2N6O3. The van der Waals surface area contributed by atoms with Crippen molar-refractivity contribution in [2.75, 3.05) is 57.8 Å². The van der Waals surface area contributed by atoms with Crippen molar-refractivity contribution in [1.82, 2.24) is 20.1 Å². The number of piperazine rings is 1. The molecule has 2 aliphatic heterocycles. The Bertz CT molecular complexity index is 1210. The van der Waals surface area contributed by atoms with Crippen molar-refractivity contribution in [3.8, 4) is 11.8 Å². The highest BCUT2D eigenvalue weighted by molar-refractivity contribution is 6.08. The number of hydrogen-bond donors (Lipinski definition) is 1. The number of methoxy groups -OCH3 is 1. The number of halogens is 2. The van der Waals surface area contributed by atoms with E-state index in [-0.39, 0.29) is 28.4 Å². The van der Waals surface area contributed by atoms with E-state index >= 15 is 4.39 Å². The highest BCUT2D eigenvalue weighted by Gasteiger charge is 2.34. The van der Waals surface area contributed by atoms with Gasteiger partial charge in [-0.15, -0.1) is 0 Å².